The molecule has 0 aromatic carbocycles. The van der Waals surface area contributed by atoms with Gasteiger partial charge in [-0.25, -0.2) is 0 Å². The first-order chi connectivity index (χ1) is 8.83. The predicted octanol–water partition coefficient (Wildman–Crippen LogP) is 4.12. The molecule has 1 aliphatic carbocycles. The fourth-order valence-electron chi connectivity index (χ4n) is 3.39. The molecule has 2 fully saturated rings. The molecule has 18 heavy (non-hydrogen) atoms. The van der Waals surface area contributed by atoms with Crippen LogP contribution in [-0.4, -0.2) is 28.7 Å². The SMILES string of the molecule is O=C(C1CCCCCC1)N1CCCCCC1CBr. The number of hydrogen-bond acceptors (Lipinski definition) is 1. The fourth-order valence-corrected chi connectivity index (χ4v) is 4.06. The number of amides is 1. The molecule has 0 bridgehead atoms. The van der Waals surface area contributed by atoms with E-state index < -0.39 is 0 Å². The summed E-state index contributed by atoms with van der Waals surface area (Å²) in [7, 11) is 0. The molecule has 2 nitrogen and oxygen atoms in total. The van der Waals surface area contributed by atoms with E-state index in [4.69, 9.17) is 0 Å². The Morgan fingerprint density at radius 2 is 1.56 bits per heavy atom. The molecule has 2 rings (SSSR count). The number of carbonyl (C=O) groups excluding carboxylic acids is 1. The summed E-state index contributed by atoms with van der Waals surface area (Å²) in [6.45, 7) is 0.992. The van der Waals surface area contributed by atoms with Gasteiger partial charge in [0.2, 0.25) is 5.91 Å². The van der Waals surface area contributed by atoms with Crippen molar-refractivity contribution in [2.45, 2.75) is 70.3 Å². The molecule has 1 heterocycles. The lowest BCUT2D eigenvalue weighted by molar-refractivity contribution is -0.137. The van der Waals surface area contributed by atoms with Crippen molar-refractivity contribution in [1.82, 2.24) is 4.90 Å². The molecule has 1 saturated heterocycles. The average Bonchev–Trinajstić information content (AvgIpc) is 2.80. The summed E-state index contributed by atoms with van der Waals surface area (Å²) in [6, 6.07) is 0.447. The van der Waals surface area contributed by atoms with Gasteiger partial charge in [-0.1, -0.05) is 54.5 Å². The van der Waals surface area contributed by atoms with Crippen LogP contribution < -0.4 is 0 Å². The van der Waals surface area contributed by atoms with E-state index in [1.807, 2.05) is 0 Å². The van der Waals surface area contributed by atoms with Gasteiger partial charge in [-0.3, -0.25) is 4.79 Å². The Balaban J connectivity index is 1.99. The van der Waals surface area contributed by atoms with Gasteiger partial charge in [0.1, 0.15) is 0 Å². The Kier molecular flexibility index (Phi) is 6.00. The minimum Gasteiger partial charge on any atom is -0.339 e. The molecular weight excluding hydrogens is 290 g/mol. The van der Waals surface area contributed by atoms with E-state index in [-0.39, 0.29) is 0 Å². The lowest BCUT2D eigenvalue weighted by Gasteiger charge is -2.32. The number of likely N-dealkylation sites (tertiary alicyclic amines) is 1. The summed E-state index contributed by atoms with van der Waals surface area (Å²) in [4.78, 5) is 14.9. The van der Waals surface area contributed by atoms with Gasteiger partial charge in [-0.15, -0.1) is 0 Å². The smallest absolute Gasteiger partial charge is 0.225 e. The first-order valence-corrected chi connectivity index (χ1v) is 8.81. The minimum atomic E-state index is 0.326. The maximum atomic E-state index is 12.7. The van der Waals surface area contributed by atoms with Gasteiger partial charge in [-0.2, -0.15) is 0 Å². The summed E-state index contributed by atoms with van der Waals surface area (Å²) in [5.41, 5.74) is 0. The zero-order valence-corrected chi connectivity index (χ0v) is 13.0. The van der Waals surface area contributed by atoms with Crippen LogP contribution in [0, 0.1) is 5.92 Å². The van der Waals surface area contributed by atoms with Crippen molar-refractivity contribution in [3.8, 4) is 0 Å². The lowest BCUT2D eigenvalue weighted by atomic mass is 9.97. The van der Waals surface area contributed by atoms with Crippen LogP contribution in [0.2, 0.25) is 0 Å². The van der Waals surface area contributed by atoms with E-state index >= 15 is 0 Å². The Labute approximate surface area is 120 Å². The van der Waals surface area contributed by atoms with Gasteiger partial charge in [0, 0.05) is 23.8 Å². The molecule has 0 aromatic rings. The molecule has 0 radical (unpaired) electrons. The third-order valence-electron chi connectivity index (χ3n) is 4.54. The molecule has 1 amide bonds. The number of nitrogens with zero attached hydrogens (tertiary/aromatic N) is 1. The maximum absolute atomic E-state index is 12.7. The topological polar surface area (TPSA) is 20.3 Å². The van der Waals surface area contributed by atoms with Crippen LogP contribution in [0.25, 0.3) is 0 Å². The largest absolute Gasteiger partial charge is 0.339 e. The number of carbonyl (C=O) groups is 1. The molecule has 1 saturated carbocycles. The van der Waals surface area contributed by atoms with Crippen molar-refractivity contribution in [2.75, 3.05) is 11.9 Å². The van der Waals surface area contributed by atoms with E-state index in [0.717, 1.165) is 24.7 Å². The van der Waals surface area contributed by atoms with Gasteiger partial charge in [0.15, 0.2) is 0 Å². The van der Waals surface area contributed by atoms with Gasteiger partial charge >= 0.3 is 0 Å². The van der Waals surface area contributed by atoms with Crippen molar-refractivity contribution in [3.63, 3.8) is 0 Å². The zero-order valence-electron chi connectivity index (χ0n) is 11.4. The number of halogens is 1. The quantitative estimate of drug-likeness (QED) is 0.554. The van der Waals surface area contributed by atoms with E-state index in [1.54, 1.807) is 0 Å². The van der Waals surface area contributed by atoms with Crippen molar-refractivity contribution >= 4 is 21.8 Å². The molecule has 1 atom stereocenters. The van der Waals surface area contributed by atoms with Crippen LogP contribution in [0.1, 0.15) is 64.2 Å². The van der Waals surface area contributed by atoms with Crippen LogP contribution in [0.3, 0.4) is 0 Å². The van der Waals surface area contributed by atoms with Crippen LogP contribution in [0.5, 0.6) is 0 Å². The molecule has 3 heteroatoms. The summed E-state index contributed by atoms with van der Waals surface area (Å²) < 4.78 is 0. The first-order valence-electron chi connectivity index (χ1n) is 7.69. The highest BCUT2D eigenvalue weighted by Crippen LogP contribution is 2.27. The zero-order chi connectivity index (χ0) is 12.8. The monoisotopic (exact) mass is 315 g/mol. The highest BCUT2D eigenvalue weighted by molar-refractivity contribution is 9.09. The summed E-state index contributed by atoms with van der Waals surface area (Å²) in [5, 5.41) is 0.950. The first kappa shape index (κ1) is 14.4. The minimum absolute atomic E-state index is 0.326. The second kappa shape index (κ2) is 7.52. The van der Waals surface area contributed by atoms with Gasteiger partial charge < -0.3 is 4.90 Å². The van der Waals surface area contributed by atoms with Crippen LogP contribution in [0.15, 0.2) is 0 Å². The van der Waals surface area contributed by atoms with Crippen LogP contribution in [0.4, 0.5) is 0 Å². The molecule has 1 unspecified atom stereocenters. The van der Waals surface area contributed by atoms with E-state index in [2.05, 4.69) is 20.8 Å². The number of alkyl halides is 1. The summed E-state index contributed by atoms with van der Waals surface area (Å²) >= 11 is 3.60. The van der Waals surface area contributed by atoms with Crippen molar-refractivity contribution in [2.24, 2.45) is 5.92 Å². The Morgan fingerprint density at radius 3 is 2.22 bits per heavy atom. The van der Waals surface area contributed by atoms with Gasteiger partial charge in [0.25, 0.3) is 0 Å². The van der Waals surface area contributed by atoms with E-state index in [1.165, 1.54) is 51.4 Å². The highest BCUT2D eigenvalue weighted by Gasteiger charge is 2.30. The highest BCUT2D eigenvalue weighted by atomic mass is 79.9. The Hall–Kier alpha value is -0.0500. The van der Waals surface area contributed by atoms with Crippen LogP contribution >= 0.6 is 15.9 Å². The lowest BCUT2D eigenvalue weighted by Crippen LogP contribution is -2.44. The normalized spacial score (nSPS) is 27.6. The summed E-state index contributed by atoms with van der Waals surface area (Å²) in [5.74, 6) is 0.787. The molecule has 104 valence electrons. The average molecular weight is 316 g/mol. The summed E-state index contributed by atoms with van der Waals surface area (Å²) in [6.07, 6.45) is 12.4. The van der Waals surface area contributed by atoms with Crippen molar-refractivity contribution < 1.29 is 4.79 Å². The third-order valence-corrected chi connectivity index (χ3v) is 5.29. The van der Waals surface area contributed by atoms with Gasteiger partial charge in [0.05, 0.1) is 0 Å². The number of rotatable bonds is 2. The molecule has 0 aromatic heterocycles. The fraction of sp³-hybridized carbons (Fsp3) is 0.933. The standard InChI is InChI=1S/C15H26BrNO/c16-12-14-10-6-3-7-11-17(14)15(18)13-8-4-1-2-5-9-13/h13-14H,1-12H2. The van der Waals surface area contributed by atoms with Crippen LogP contribution in [-0.2, 0) is 4.79 Å². The molecule has 2 aliphatic rings. The second-order valence-electron chi connectivity index (χ2n) is 5.88. The Morgan fingerprint density at radius 1 is 0.944 bits per heavy atom. The van der Waals surface area contributed by atoms with Crippen molar-refractivity contribution in [3.05, 3.63) is 0 Å². The van der Waals surface area contributed by atoms with Crippen molar-refractivity contribution in [1.29, 1.82) is 0 Å². The predicted molar refractivity (Wildman–Crippen MR) is 79.0 cm³/mol. The molecule has 0 spiro atoms. The molecule has 1 aliphatic heterocycles. The maximum Gasteiger partial charge on any atom is 0.225 e. The van der Waals surface area contributed by atoms with E-state index in [0.29, 0.717) is 17.9 Å². The molecule has 0 N–H and O–H groups in total. The number of hydrogen-bond donors (Lipinski definition) is 0. The second-order valence-corrected chi connectivity index (χ2v) is 6.53. The third kappa shape index (κ3) is 3.72. The molecular formula is C15H26BrNO. The Bertz CT molecular complexity index is 261. The van der Waals surface area contributed by atoms with E-state index in [9.17, 15) is 4.79 Å². The van der Waals surface area contributed by atoms with Gasteiger partial charge in [-0.05, 0) is 25.7 Å².